The van der Waals surface area contributed by atoms with E-state index in [4.69, 9.17) is 0 Å². The van der Waals surface area contributed by atoms with Crippen LogP contribution in [0.5, 0.6) is 0 Å². The second-order valence-corrected chi connectivity index (χ2v) is 3.37. The summed E-state index contributed by atoms with van der Waals surface area (Å²) in [5, 5.41) is 3.27. The van der Waals surface area contributed by atoms with Crippen molar-refractivity contribution in [2.75, 3.05) is 25.5 Å². The number of hydrogen-bond acceptors (Lipinski definition) is 3. The lowest BCUT2D eigenvalue weighted by atomic mass is 10.2. The van der Waals surface area contributed by atoms with Crippen LogP contribution in [0.2, 0.25) is 0 Å². The molecule has 78 valence electrons. The maximum absolute atomic E-state index is 4.32. The van der Waals surface area contributed by atoms with Gasteiger partial charge in [-0.1, -0.05) is 13.0 Å². The van der Waals surface area contributed by atoms with Gasteiger partial charge in [0.05, 0.1) is 0 Å². The van der Waals surface area contributed by atoms with Crippen molar-refractivity contribution >= 4 is 5.82 Å². The fourth-order valence-electron chi connectivity index (χ4n) is 1.30. The van der Waals surface area contributed by atoms with E-state index in [1.165, 1.54) is 5.56 Å². The molecule has 0 aliphatic carbocycles. The molecule has 0 saturated carbocycles. The van der Waals surface area contributed by atoms with Gasteiger partial charge < -0.3 is 10.2 Å². The van der Waals surface area contributed by atoms with Crippen LogP contribution < -0.4 is 5.32 Å². The lowest BCUT2D eigenvalue weighted by Gasteiger charge is -2.16. The molecule has 1 heterocycles. The summed E-state index contributed by atoms with van der Waals surface area (Å²) in [7, 11) is 2.11. The summed E-state index contributed by atoms with van der Waals surface area (Å²) in [6.07, 6.45) is 1.83. The first-order valence-electron chi connectivity index (χ1n) is 5.14. The largest absolute Gasteiger partial charge is 0.370 e. The third kappa shape index (κ3) is 3.00. The molecule has 1 N–H and O–H groups in total. The van der Waals surface area contributed by atoms with Gasteiger partial charge in [0.2, 0.25) is 0 Å². The van der Waals surface area contributed by atoms with Crippen molar-refractivity contribution in [2.24, 2.45) is 0 Å². The fourth-order valence-corrected chi connectivity index (χ4v) is 1.30. The molecule has 1 rings (SSSR count). The average Bonchev–Trinajstić information content (AvgIpc) is 2.21. The smallest absolute Gasteiger partial charge is 0.130 e. The van der Waals surface area contributed by atoms with Gasteiger partial charge >= 0.3 is 0 Å². The van der Waals surface area contributed by atoms with Crippen LogP contribution in [-0.2, 0) is 6.54 Å². The second-order valence-electron chi connectivity index (χ2n) is 3.37. The highest BCUT2D eigenvalue weighted by atomic mass is 15.1. The molecule has 0 saturated heterocycles. The van der Waals surface area contributed by atoms with Crippen molar-refractivity contribution in [1.29, 1.82) is 0 Å². The first kappa shape index (κ1) is 11.0. The Morgan fingerprint density at radius 2 is 2.21 bits per heavy atom. The number of rotatable bonds is 5. The van der Waals surface area contributed by atoms with E-state index >= 15 is 0 Å². The number of pyridine rings is 1. The molecule has 3 nitrogen and oxygen atoms in total. The zero-order chi connectivity index (χ0) is 10.4. The molecule has 0 unspecified atom stereocenters. The van der Waals surface area contributed by atoms with Crippen molar-refractivity contribution < 1.29 is 0 Å². The van der Waals surface area contributed by atoms with Gasteiger partial charge in [-0.05, 0) is 26.6 Å². The minimum Gasteiger partial charge on any atom is -0.370 e. The van der Waals surface area contributed by atoms with Gasteiger partial charge in [0.25, 0.3) is 0 Å². The Bertz CT molecular complexity index is 273. The van der Waals surface area contributed by atoms with E-state index in [-0.39, 0.29) is 0 Å². The second kappa shape index (κ2) is 5.60. The van der Waals surface area contributed by atoms with Gasteiger partial charge in [0.15, 0.2) is 0 Å². The normalized spacial score (nSPS) is 10.6. The number of nitrogens with zero attached hydrogens (tertiary/aromatic N) is 2. The van der Waals surface area contributed by atoms with Crippen molar-refractivity contribution in [3.63, 3.8) is 0 Å². The molecule has 0 fully saturated rings. The quantitative estimate of drug-likeness (QED) is 0.775. The summed E-state index contributed by atoms with van der Waals surface area (Å²) in [4.78, 5) is 6.58. The van der Waals surface area contributed by atoms with Crippen LogP contribution in [0.4, 0.5) is 5.82 Å². The zero-order valence-electron chi connectivity index (χ0n) is 9.25. The highest BCUT2D eigenvalue weighted by Crippen LogP contribution is 2.12. The molecule has 1 aromatic heterocycles. The summed E-state index contributed by atoms with van der Waals surface area (Å²) in [5.41, 5.74) is 1.26. The van der Waals surface area contributed by atoms with Crippen LogP contribution in [0.1, 0.15) is 19.4 Å². The molecule has 1 aromatic rings. The molecule has 14 heavy (non-hydrogen) atoms. The summed E-state index contributed by atoms with van der Waals surface area (Å²) in [5.74, 6) is 1.01. The molecular formula is C11H19N3. The molecule has 0 atom stereocenters. The number of aromatic nitrogens is 1. The molecule has 0 amide bonds. The Kier molecular flexibility index (Phi) is 4.40. The number of hydrogen-bond donors (Lipinski definition) is 1. The minimum absolute atomic E-state index is 0.917. The van der Waals surface area contributed by atoms with Gasteiger partial charge in [0.1, 0.15) is 5.82 Å². The van der Waals surface area contributed by atoms with E-state index in [0.29, 0.717) is 0 Å². The van der Waals surface area contributed by atoms with Crippen molar-refractivity contribution in [2.45, 2.75) is 20.4 Å². The molecule has 0 aliphatic heterocycles. The monoisotopic (exact) mass is 193 g/mol. The highest BCUT2D eigenvalue weighted by molar-refractivity contribution is 5.43. The maximum atomic E-state index is 4.32. The molecule has 0 radical (unpaired) electrons. The Labute approximate surface area is 86.2 Å². The average molecular weight is 193 g/mol. The summed E-state index contributed by atoms with van der Waals surface area (Å²) < 4.78 is 0. The van der Waals surface area contributed by atoms with Crippen LogP contribution in [0.25, 0.3) is 0 Å². The third-order valence-corrected chi connectivity index (χ3v) is 2.22. The predicted octanol–water partition coefficient (Wildman–Crippen LogP) is 1.97. The Balaban J connectivity index is 2.73. The third-order valence-electron chi connectivity index (χ3n) is 2.22. The number of nitrogens with one attached hydrogen (secondary N) is 1. The zero-order valence-corrected chi connectivity index (χ0v) is 9.25. The van der Waals surface area contributed by atoms with E-state index in [1.54, 1.807) is 0 Å². The Hall–Kier alpha value is -1.09. The molecule has 0 aromatic carbocycles. The van der Waals surface area contributed by atoms with E-state index < -0.39 is 0 Å². The lowest BCUT2D eigenvalue weighted by molar-refractivity contribution is 0.346. The standard InChI is InChI=1S/C11H19N3/c1-4-12-11-10(7-6-8-13-11)9-14(3)5-2/h6-8H,4-5,9H2,1-3H3,(H,12,13). The van der Waals surface area contributed by atoms with Crippen LogP contribution >= 0.6 is 0 Å². The van der Waals surface area contributed by atoms with Crippen molar-refractivity contribution in [1.82, 2.24) is 9.88 Å². The topological polar surface area (TPSA) is 28.2 Å². The first-order valence-corrected chi connectivity index (χ1v) is 5.14. The number of anilines is 1. The molecule has 3 heteroatoms. The fraction of sp³-hybridized carbons (Fsp3) is 0.545. The Morgan fingerprint density at radius 3 is 2.86 bits per heavy atom. The molecule has 0 bridgehead atoms. The summed E-state index contributed by atoms with van der Waals surface area (Å²) >= 11 is 0. The lowest BCUT2D eigenvalue weighted by Crippen LogP contribution is -2.18. The summed E-state index contributed by atoms with van der Waals surface area (Å²) in [6.45, 7) is 7.16. The van der Waals surface area contributed by atoms with Crippen LogP contribution in [0.3, 0.4) is 0 Å². The summed E-state index contributed by atoms with van der Waals surface area (Å²) in [6, 6.07) is 4.11. The molecule has 0 spiro atoms. The van der Waals surface area contributed by atoms with Crippen molar-refractivity contribution in [3.8, 4) is 0 Å². The van der Waals surface area contributed by atoms with Crippen LogP contribution in [0, 0.1) is 0 Å². The van der Waals surface area contributed by atoms with Gasteiger partial charge in [0, 0.05) is 24.8 Å². The van der Waals surface area contributed by atoms with Gasteiger partial charge in [-0.3, -0.25) is 0 Å². The predicted molar refractivity (Wildman–Crippen MR) is 60.4 cm³/mol. The van der Waals surface area contributed by atoms with Gasteiger partial charge in [-0.25, -0.2) is 4.98 Å². The van der Waals surface area contributed by atoms with E-state index in [0.717, 1.165) is 25.5 Å². The van der Waals surface area contributed by atoms with E-state index in [9.17, 15) is 0 Å². The van der Waals surface area contributed by atoms with Gasteiger partial charge in [-0.15, -0.1) is 0 Å². The van der Waals surface area contributed by atoms with E-state index in [2.05, 4.69) is 42.2 Å². The van der Waals surface area contributed by atoms with Crippen LogP contribution in [-0.4, -0.2) is 30.0 Å². The Morgan fingerprint density at radius 1 is 1.43 bits per heavy atom. The van der Waals surface area contributed by atoms with Crippen LogP contribution in [0.15, 0.2) is 18.3 Å². The minimum atomic E-state index is 0.917. The highest BCUT2D eigenvalue weighted by Gasteiger charge is 2.03. The molecule has 0 aliphatic rings. The first-order chi connectivity index (χ1) is 6.77. The van der Waals surface area contributed by atoms with Gasteiger partial charge in [-0.2, -0.15) is 0 Å². The SMILES string of the molecule is CCNc1ncccc1CN(C)CC. The molecular weight excluding hydrogens is 174 g/mol. The van der Waals surface area contributed by atoms with Crippen molar-refractivity contribution in [3.05, 3.63) is 23.9 Å². The maximum Gasteiger partial charge on any atom is 0.130 e. The van der Waals surface area contributed by atoms with E-state index in [1.807, 2.05) is 12.3 Å².